The van der Waals surface area contributed by atoms with Crippen molar-refractivity contribution in [3.8, 4) is 22.4 Å². The zero-order chi connectivity index (χ0) is 22.6. The van der Waals surface area contributed by atoms with Gasteiger partial charge in [-0.25, -0.2) is 4.98 Å². The third kappa shape index (κ3) is 4.33. The molecule has 0 unspecified atom stereocenters. The quantitative estimate of drug-likeness (QED) is 0.371. The van der Waals surface area contributed by atoms with Crippen molar-refractivity contribution in [1.82, 2.24) is 19.6 Å². The topological polar surface area (TPSA) is 75.3 Å². The summed E-state index contributed by atoms with van der Waals surface area (Å²) >= 11 is 0. The third-order valence-corrected chi connectivity index (χ3v) is 5.77. The molecule has 0 radical (unpaired) electrons. The number of nitrogens with one attached hydrogen (secondary N) is 1. The number of anilines is 1. The highest BCUT2D eigenvalue weighted by Crippen LogP contribution is 2.27. The monoisotopic (exact) mass is 435 g/mol. The fourth-order valence-electron chi connectivity index (χ4n) is 3.86. The molecule has 0 atom stereocenters. The maximum atomic E-state index is 9.26. The third-order valence-electron chi connectivity index (χ3n) is 5.77. The lowest BCUT2D eigenvalue weighted by molar-refractivity contribution is 0.282. The van der Waals surface area contributed by atoms with Crippen LogP contribution in [0.15, 0.2) is 85.3 Å². The number of benzene rings is 2. The first-order valence-corrected chi connectivity index (χ1v) is 11.1. The number of aliphatic hydroxyl groups is 1. The normalized spacial score (nSPS) is 11.1. The minimum atomic E-state index is 0.0544. The Labute approximate surface area is 192 Å². The number of hydrogen-bond acceptors (Lipinski definition) is 5. The first-order chi connectivity index (χ1) is 16.2. The van der Waals surface area contributed by atoms with Gasteiger partial charge in [-0.05, 0) is 34.7 Å². The predicted octanol–water partition coefficient (Wildman–Crippen LogP) is 5.13. The number of nitrogens with zero attached hydrogens (tertiary/aromatic N) is 4. The summed E-state index contributed by atoms with van der Waals surface area (Å²) in [6.07, 6.45) is 6.39. The number of aromatic nitrogens is 4. The Balaban J connectivity index is 1.49. The molecule has 0 spiro atoms. The Morgan fingerprint density at radius 1 is 0.879 bits per heavy atom. The van der Waals surface area contributed by atoms with Crippen molar-refractivity contribution in [2.24, 2.45) is 0 Å². The molecule has 3 heterocycles. The molecule has 2 aromatic carbocycles. The molecule has 5 aromatic rings. The average molecular weight is 436 g/mol. The molecular formula is C27H25N5O. The van der Waals surface area contributed by atoms with Crippen molar-refractivity contribution >= 4 is 11.5 Å². The maximum Gasteiger partial charge on any atom is 0.161 e. The molecule has 0 bridgehead atoms. The van der Waals surface area contributed by atoms with E-state index < -0.39 is 0 Å². The lowest BCUT2D eigenvalue weighted by Gasteiger charge is -2.12. The summed E-state index contributed by atoms with van der Waals surface area (Å²) in [5, 5.41) is 17.3. The molecule has 164 valence electrons. The Kier molecular flexibility index (Phi) is 5.83. The van der Waals surface area contributed by atoms with Crippen LogP contribution in [-0.4, -0.2) is 24.7 Å². The number of hydrogen-bond donors (Lipinski definition) is 2. The summed E-state index contributed by atoms with van der Waals surface area (Å²) in [6, 6.07) is 22.4. The molecular weight excluding hydrogens is 410 g/mol. The predicted molar refractivity (Wildman–Crippen MR) is 131 cm³/mol. The summed E-state index contributed by atoms with van der Waals surface area (Å²) in [6.45, 7) is 2.82. The summed E-state index contributed by atoms with van der Waals surface area (Å²) < 4.78 is 1.87. The highest BCUT2D eigenvalue weighted by atomic mass is 16.3. The van der Waals surface area contributed by atoms with E-state index in [-0.39, 0.29) is 6.61 Å². The van der Waals surface area contributed by atoms with E-state index in [1.165, 1.54) is 0 Å². The van der Waals surface area contributed by atoms with E-state index in [4.69, 9.17) is 4.98 Å². The fourth-order valence-corrected chi connectivity index (χ4v) is 3.86. The molecule has 0 aliphatic carbocycles. The van der Waals surface area contributed by atoms with Gasteiger partial charge in [-0.2, -0.15) is 9.61 Å². The molecule has 0 saturated heterocycles. The van der Waals surface area contributed by atoms with E-state index in [0.29, 0.717) is 6.54 Å². The Hall–Kier alpha value is -4.03. The summed E-state index contributed by atoms with van der Waals surface area (Å²) in [7, 11) is 0. The Morgan fingerprint density at radius 2 is 1.61 bits per heavy atom. The molecule has 0 aliphatic rings. The van der Waals surface area contributed by atoms with Crippen LogP contribution >= 0.6 is 0 Å². The van der Waals surface area contributed by atoms with Crippen LogP contribution < -0.4 is 5.32 Å². The van der Waals surface area contributed by atoms with Crippen molar-refractivity contribution < 1.29 is 5.11 Å². The standard InChI is InChI=1S/C27H25N5O/c1-2-21-17-30-32-26(29-16-20-4-3-13-28-15-20)14-25(31-27(21)32)24-11-9-23(10-12-24)22-7-5-19(18-33)6-8-22/h3-15,17,29,33H,2,16,18H2,1H3. The number of pyridine rings is 1. The first kappa shape index (κ1) is 20.8. The van der Waals surface area contributed by atoms with Crippen LogP contribution in [0.5, 0.6) is 0 Å². The number of rotatable bonds is 7. The van der Waals surface area contributed by atoms with Crippen LogP contribution in [0, 0.1) is 0 Å². The second-order valence-corrected chi connectivity index (χ2v) is 7.93. The van der Waals surface area contributed by atoms with Crippen LogP contribution in [-0.2, 0) is 19.6 Å². The molecule has 3 aromatic heterocycles. The number of aryl methyl sites for hydroxylation is 1. The van der Waals surface area contributed by atoms with Crippen molar-refractivity contribution in [3.05, 3.63) is 102 Å². The first-order valence-electron chi connectivity index (χ1n) is 11.1. The van der Waals surface area contributed by atoms with Crippen molar-refractivity contribution in [2.75, 3.05) is 5.32 Å². The fraction of sp³-hybridized carbons (Fsp3) is 0.148. The smallest absolute Gasteiger partial charge is 0.161 e. The van der Waals surface area contributed by atoms with Gasteiger partial charge in [0.2, 0.25) is 0 Å². The van der Waals surface area contributed by atoms with E-state index in [1.807, 2.05) is 59.4 Å². The number of fused-ring (bicyclic) bond motifs is 1. The zero-order valence-corrected chi connectivity index (χ0v) is 18.4. The molecule has 33 heavy (non-hydrogen) atoms. The highest BCUT2D eigenvalue weighted by molar-refractivity contribution is 5.72. The van der Waals surface area contributed by atoms with Gasteiger partial charge in [-0.3, -0.25) is 4.98 Å². The maximum absolute atomic E-state index is 9.26. The molecule has 6 nitrogen and oxygen atoms in total. The average Bonchev–Trinajstić information content (AvgIpc) is 3.31. The largest absolute Gasteiger partial charge is 0.392 e. The Bertz CT molecular complexity index is 1360. The highest BCUT2D eigenvalue weighted by Gasteiger charge is 2.12. The minimum Gasteiger partial charge on any atom is -0.392 e. The van der Waals surface area contributed by atoms with Gasteiger partial charge >= 0.3 is 0 Å². The Morgan fingerprint density at radius 3 is 2.27 bits per heavy atom. The van der Waals surface area contributed by atoms with Gasteiger partial charge in [0.25, 0.3) is 0 Å². The van der Waals surface area contributed by atoms with E-state index in [9.17, 15) is 5.11 Å². The van der Waals surface area contributed by atoms with E-state index >= 15 is 0 Å². The van der Waals surface area contributed by atoms with E-state index in [2.05, 4.69) is 46.6 Å². The van der Waals surface area contributed by atoms with Crippen LogP contribution in [0.2, 0.25) is 0 Å². The second-order valence-electron chi connectivity index (χ2n) is 7.93. The lowest BCUT2D eigenvalue weighted by atomic mass is 10.0. The van der Waals surface area contributed by atoms with Gasteiger partial charge in [0.1, 0.15) is 5.82 Å². The van der Waals surface area contributed by atoms with Crippen LogP contribution in [0.1, 0.15) is 23.6 Å². The molecule has 0 fully saturated rings. The molecule has 6 heteroatoms. The van der Waals surface area contributed by atoms with Crippen LogP contribution in [0.25, 0.3) is 28.0 Å². The van der Waals surface area contributed by atoms with Gasteiger partial charge in [-0.1, -0.05) is 61.5 Å². The summed E-state index contributed by atoms with van der Waals surface area (Å²) in [5.74, 6) is 0.891. The van der Waals surface area contributed by atoms with Crippen molar-refractivity contribution in [3.63, 3.8) is 0 Å². The molecule has 0 amide bonds. The molecule has 0 saturated carbocycles. The van der Waals surface area contributed by atoms with Gasteiger partial charge in [-0.15, -0.1) is 0 Å². The van der Waals surface area contributed by atoms with E-state index in [1.54, 1.807) is 6.20 Å². The van der Waals surface area contributed by atoms with Gasteiger partial charge in [0.15, 0.2) is 5.65 Å². The summed E-state index contributed by atoms with van der Waals surface area (Å²) in [5.41, 5.74) is 8.17. The lowest BCUT2D eigenvalue weighted by Crippen LogP contribution is -2.07. The van der Waals surface area contributed by atoms with Gasteiger partial charge in [0, 0.05) is 36.1 Å². The van der Waals surface area contributed by atoms with Gasteiger partial charge in [0.05, 0.1) is 18.5 Å². The van der Waals surface area contributed by atoms with Crippen LogP contribution in [0.3, 0.4) is 0 Å². The minimum absolute atomic E-state index is 0.0544. The molecule has 0 aliphatic heterocycles. The van der Waals surface area contributed by atoms with Gasteiger partial charge < -0.3 is 10.4 Å². The zero-order valence-electron chi connectivity index (χ0n) is 18.4. The van der Waals surface area contributed by atoms with Crippen molar-refractivity contribution in [1.29, 1.82) is 0 Å². The van der Waals surface area contributed by atoms with E-state index in [0.717, 1.165) is 57.0 Å². The molecule has 2 N–H and O–H groups in total. The second kappa shape index (κ2) is 9.22. The van der Waals surface area contributed by atoms with Crippen molar-refractivity contribution in [2.45, 2.75) is 26.5 Å². The molecule has 5 rings (SSSR count). The number of aliphatic hydroxyl groups excluding tert-OH is 1. The summed E-state index contributed by atoms with van der Waals surface area (Å²) in [4.78, 5) is 9.13. The van der Waals surface area contributed by atoms with Crippen LogP contribution in [0.4, 0.5) is 5.82 Å². The SMILES string of the molecule is CCc1cnn2c(NCc3cccnc3)cc(-c3ccc(-c4ccc(CO)cc4)cc3)nc12.